The van der Waals surface area contributed by atoms with Crippen LogP contribution in [0.2, 0.25) is 0 Å². The van der Waals surface area contributed by atoms with E-state index in [1.165, 1.54) is 38.5 Å². The van der Waals surface area contributed by atoms with E-state index in [2.05, 4.69) is 40.0 Å². The van der Waals surface area contributed by atoms with Gasteiger partial charge >= 0.3 is 0 Å². The number of nitrogens with one attached hydrogen (secondary N) is 1. The topological polar surface area (TPSA) is 50.2 Å². The van der Waals surface area contributed by atoms with Crippen molar-refractivity contribution in [3.8, 4) is 0 Å². The van der Waals surface area contributed by atoms with Crippen LogP contribution in [0.3, 0.4) is 0 Å². The monoisotopic (exact) mass is 318 g/mol. The fourth-order valence-corrected chi connectivity index (χ4v) is 4.28. The minimum Gasteiger partial charge on any atom is -0.349 e. The first-order valence-electron chi connectivity index (χ1n) is 9.15. The van der Waals surface area contributed by atoms with Crippen molar-refractivity contribution in [1.29, 1.82) is 0 Å². The van der Waals surface area contributed by atoms with E-state index in [9.17, 15) is 4.79 Å². The predicted octanol–water partition coefficient (Wildman–Crippen LogP) is 2.88. The summed E-state index contributed by atoms with van der Waals surface area (Å²) in [6.07, 6.45) is 9.51. The lowest BCUT2D eigenvalue weighted by atomic mass is 10.2. The van der Waals surface area contributed by atoms with E-state index in [1.807, 2.05) is 13.0 Å². The summed E-state index contributed by atoms with van der Waals surface area (Å²) >= 11 is 0. The van der Waals surface area contributed by atoms with Crippen LogP contribution in [0.1, 0.15) is 71.0 Å². The van der Waals surface area contributed by atoms with Crippen LogP contribution in [0.15, 0.2) is 12.3 Å². The number of likely N-dealkylation sites (tertiary alicyclic amines) is 1. The predicted molar refractivity (Wildman–Crippen MR) is 91.0 cm³/mol. The van der Waals surface area contributed by atoms with Gasteiger partial charge in [0.1, 0.15) is 0 Å². The minimum atomic E-state index is -0.0700. The lowest BCUT2D eigenvalue weighted by Crippen LogP contribution is -2.48. The number of carbonyl (C=O) groups is 1. The molecule has 2 aliphatic rings. The molecule has 1 saturated heterocycles. The van der Waals surface area contributed by atoms with Gasteiger partial charge in [0.2, 0.25) is 5.91 Å². The second-order valence-electron chi connectivity index (χ2n) is 7.34. The largest absolute Gasteiger partial charge is 0.349 e. The Balaban J connectivity index is 1.52. The third-order valence-electron chi connectivity index (χ3n) is 5.65. The molecule has 1 aromatic heterocycles. The Labute approximate surface area is 139 Å². The van der Waals surface area contributed by atoms with Crippen molar-refractivity contribution < 1.29 is 4.79 Å². The number of aromatic nitrogens is 2. The standard InChI is InChI=1S/C18H30N4O/c1-13-8-9-14(2)22(13)15(3)18(23)19-12-16-10-11-21(20-16)17-6-4-5-7-17/h10-11,13-15,17H,4-9,12H2,1-3H3,(H,19,23)/t13-,14-,15+/m1/s1. The van der Waals surface area contributed by atoms with Crippen molar-refractivity contribution in [2.24, 2.45) is 0 Å². The van der Waals surface area contributed by atoms with E-state index in [1.54, 1.807) is 0 Å². The summed E-state index contributed by atoms with van der Waals surface area (Å²) in [6.45, 7) is 6.98. The molecule has 2 heterocycles. The van der Waals surface area contributed by atoms with Crippen molar-refractivity contribution in [3.05, 3.63) is 18.0 Å². The summed E-state index contributed by atoms with van der Waals surface area (Å²) in [4.78, 5) is 14.8. The Kier molecular flexibility index (Phi) is 5.05. The zero-order valence-electron chi connectivity index (χ0n) is 14.7. The van der Waals surface area contributed by atoms with Crippen LogP contribution >= 0.6 is 0 Å². The van der Waals surface area contributed by atoms with E-state index in [4.69, 9.17) is 0 Å². The van der Waals surface area contributed by atoms with Crippen molar-refractivity contribution in [2.75, 3.05) is 0 Å². The molecule has 5 nitrogen and oxygen atoms in total. The highest BCUT2D eigenvalue weighted by molar-refractivity contribution is 5.81. The molecule has 0 spiro atoms. The molecule has 23 heavy (non-hydrogen) atoms. The molecular weight excluding hydrogens is 288 g/mol. The molecule has 128 valence electrons. The van der Waals surface area contributed by atoms with Gasteiger partial charge in [-0.3, -0.25) is 14.4 Å². The van der Waals surface area contributed by atoms with E-state index >= 15 is 0 Å². The van der Waals surface area contributed by atoms with Gasteiger partial charge in [-0.2, -0.15) is 5.10 Å². The van der Waals surface area contributed by atoms with Crippen LogP contribution in [0, 0.1) is 0 Å². The first-order valence-corrected chi connectivity index (χ1v) is 9.15. The number of amides is 1. The van der Waals surface area contributed by atoms with Crippen LogP contribution in [0.25, 0.3) is 0 Å². The normalized spacial score (nSPS) is 27.4. The molecule has 1 N–H and O–H groups in total. The smallest absolute Gasteiger partial charge is 0.237 e. The van der Waals surface area contributed by atoms with Gasteiger partial charge in [0.05, 0.1) is 24.3 Å². The second kappa shape index (κ2) is 7.04. The van der Waals surface area contributed by atoms with E-state index in [-0.39, 0.29) is 11.9 Å². The maximum Gasteiger partial charge on any atom is 0.237 e. The van der Waals surface area contributed by atoms with Gasteiger partial charge in [0.25, 0.3) is 0 Å². The van der Waals surface area contributed by atoms with Crippen LogP contribution in [-0.4, -0.2) is 38.7 Å². The maximum atomic E-state index is 12.5. The third-order valence-corrected chi connectivity index (χ3v) is 5.65. The Bertz CT molecular complexity index is 525. The molecule has 3 rings (SSSR count). The minimum absolute atomic E-state index is 0.0700. The molecule has 0 bridgehead atoms. The lowest BCUT2D eigenvalue weighted by molar-refractivity contribution is -0.127. The first kappa shape index (κ1) is 16.5. The number of nitrogens with zero attached hydrogens (tertiary/aromatic N) is 3. The SMILES string of the molecule is C[C@@H]1CC[C@@H](C)N1[C@@H](C)C(=O)NCc1ccn(C2CCCC2)n1. The Morgan fingerprint density at radius 3 is 2.57 bits per heavy atom. The highest BCUT2D eigenvalue weighted by Crippen LogP contribution is 2.29. The molecule has 2 fully saturated rings. The number of carbonyl (C=O) groups excluding carboxylic acids is 1. The molecule has 1 saturated carbocycles. The molecule has 1 aliphatic heterocycles. The fourth-order valence-electron chi connectivity index (χ4n) is 4.28. The molecule has 3 atom stereocenters. The van der Waals surface area contributed by atoms with Crippen molar-refractivity contribution in [1.82, 2.24) is 20.0 Å². The molecule has 1 amide bonds. The highest BCUT2D eigenvalue weighted by Gasteiger charge is 2.34. The molecule has 0 radical (unpaired) electrons. The zero-order chi connectivity index (χ0) is 16.4. The van der Waals surface area contributed by atoms with Crippen molar-refractivity contribution in [2.45, 2.75) is 90.0 Å². The summed E-state index contributed by atoms with van der Waals surface area (Å²) in [5.74, 6) is 0.112. The van der Waals surface area contributed by atoms with Crippen LogP contribution < -0.4 is 5.32 Å². The van der Waals surface area contributed by atoms with Gasteiger partial charge < -0.3 is 5.32 Å². The summed E-state index contributed by atoms with van der Waals surface area (Å²) in [5.41, 5.74) is 0.958. The second-order valence-corrected chi connectivity index (χ2v) is 7.34. The summed E-state index contributed by atoms with van der Waals surface area (Å²) in [7, 11) is 0. The van der Waals surface area contributed by atoms with E-state index < -0.39 is 0 Å². The highest BCUT2D eigenvalue weighted by atomic mass is 16.2. The molecular formula is C18H30N4O. The van der Waals surface area contributed by atoms with Crippen LogP contribution in [-0.2, 0) is 11.3 Å². The zero-order valence-corrected chi connectivity index (χ0v) is 14.7. The molecule has 0 aromatic carbocycles. The van der Waals surface area contributed by atoms with Gasteiger partial charge in [-0.1, -0.05) is 12.8 Å². The quantitative estimate of drug-likeness (QED) is 0.908. The number of hydrogen-bond acceptors (Lipinski definition) is 3. The van der Waals surface area contributed by atoms with Crippen LogP contribution in [0.4, 0.5) is 0 Å². The Hall–Kier alpha value is -1.36. The average molecular weight is 318 g/mol. The Morgan fingerprint density at radius 1 is 1.26 bits per heavy atom. The molecule has 0 unspecified atom stereocenters. The average Bonchev–Trinajstić information content (AvgIpc) is 3.25. The van der Waals surface area contributed by atoms with Gasteiger partial charge in [-0.25, -0.2) is 0 Å². The van der Waals surface area contributed by atoms with E-state index in [0.717, 1.165) is 5.69 Å². The van der Waals surface area contributed by atoms with Gasteiger partial charge in [-0.15, -0.1) is 0 Å². The van der Waals surface area contributed by atoms with Crippen LogP contribution in [0.5, 0.6) is 0 Å². The molecule has 1 aromatic rings. The summed E-state index contributed by atoms with van der Waals surface area (Å²) < 4.78 is 2.09. The molecule has 5 heteroatoms. The Morgan fingerprint density at radius 2 is 1.91 bits per heavy atom. The van der Waals surface area contributed by atoms with E-state index in [0.29, 0.717) is 24.7 Å². The summed E-state index contributed by atoms with van der Waals surface area (Å²) in [5, 5.41) is 7.70. The maximum absolute atomic E-state index is 12.5. The number of hydrogen-bond donors (Lipinski definition) is 1. The fraction of sp³-hybridized carbons (Fsp3) is 0.778. The third kappa shape index (κ3) is 3.60. The van der Waals surface area contributed by atoms with Gasteiger partial charge in [0, 0.05) is 18.3 Å². The first-order chi connectivity index (χ1) is 11.1. The lowest BCUT2D eigenvalue weighted by Gasteiger charge is -2.31. The van der Waals surface area contributed by atoms with Crippen molar-refractivity contribution >= 4 is 5.91 Å². The number of rotatable bonds is 5. The van der Waals surface area contributed by atoms with Gasteiger partial charge in [0.15, 0.2) is 0 Å². The molecule has 1 aliphatic carbocycles. The van der Waals surface area contributed by atoms with Gasteiger partial charge in [-0.05, 0) is 52.5 Å². The summed E-state index contributed by atoms with van der Waals surface area (Å²) in [6, 6.07) is 3.51. The van der Waals surface area contributed by atoms with Crippen molar-refractivity contribution in [3.63, 3.8) is 0 Å².